The van der Waals surface area contributed by atoms with Crippen LogP contribution in [0.2, 0.25) is 0 Å². The third kappa shape index (κ3) is 4.22. The molecule has 1 heterocycles. The molecule has 6 nitrogen and oxygen atoms in total. The summed E-state index contributed by atoms with van der Waals surface area (Å²) in [5, 5.41) is 12.8. The number of nitrogens with two attached hydrogens (primary N) is 1. The number of carboxylic acids is 1. The number of nitrogens with one attached hydrogen (secondary N) is 1. The summed E-state index contributed by atoms with van der Waals surface area (Å²) in [6.07, 6.45) is 1.34. The number of carbonyl (C=O) groups is 2. The number of primary amides is 1. The lowest BCUT2D eigenvalue weighted by Crippen LogP contribution is -2.41. The van der Waals surface area contributed by atoms with E-state index in [4.69, 9.17) is 5.73 Å². The van der Waals surface area contributed by atoms with Crippen LogP contribution in [0.25, 0.3) is 0 Å². The van der Waals surface area contributed by atoms with Crippen molar-refractivity contribution in [2.75, 3.05) is 18.0 Å². The Morgan fingerprint density at radius 1 is 1.43 bits per heavy atom. The molecule has 126 valence electrons. The minimum absolute atomic E-state index is 0.0583. The van der Waals surface area contributed by atoms with Crippen molar-refractivity contribution in [3.63, 3.8) is 0 Å². The van der Waals surface area contributed by atoms with Crippen LogP contribution in [0.1, 0.15) is 25.8 Å². The van der Waals surface area contributed by atoms with E-state index >= 15 is 0 Å². The van der Waals surface area contributed by atoms with Crippen molar-refractivity contribution < 1.29 is 14.7 Å². The van der Waals surface area contributed by atoms with Crippen molar-refractivity contribution in [1.29, 1.82) is 0 Å². The van der Waals surface area contributed by atoms with Gasteiger partial charge in [-0.2, -0.15) is 0 Å². The van der Waals surface area contributed by atoms with Gasteiger partial charge in [0.25, 0.3) is 0 Å². The van der Waals surface area contributed by atoms with E-state index in [9.17, 15) is 14.7 Å². The summed E-state index contributed by atoms with van der Waals surface area (Å²) < 4.78 is 0. The van der Waals surface area contributed by atoms with E-state index in [-0.39, 0.29) is 12.0 Å². The fraction of sp³-hybridized carbons (Fsp3) is 0.529. The van der Waals surface area contributed by atoms with Crippen LogP contribution in [-0.4, -0.2) is 36.2 Å². The molecule has 0 unspecified atom stereocenters. The van der Waals surface area contributed by atoms with E-state index < -0.39 is 17.9 Å². The lowest BCUT2D eigenvalue weighted by atomic mass is 9.86. The Morgan fingerprint density at radius 2 is 2.17 bits per heavy atom. The number of rotatable bonds is 6. The number of aliphatic carboxylic acids is 1. The largest absolute Gasteiger partial charge is 0.481 e. The van der Waals surface area contributed by atoms with Crippen molar-refractivity contribution in [2.24, 2.45) is 17.6 Å². The molecule has 0 saturated carbocycles. The Hall–Kier alpha value is -2.08. The maximum Gasteiger partial charge on any atom is 0.319 e. The predicted octanol–water partition coefficient (Wildman–Crippen LogP) is 1.83. The summed E-state index contributed by atoms with van der Waals surface area (Å²) in [6, 6.07) is 6.87. The Balaban J connectivity index is 2.21. The normalized spacial score (nSPS) is 18.8. The smallest absolute Gasteiger partial charge is 0.319 e. The van der Waals surface area contributed by atoms with Gasteiger partial charge in [-0.3, -0.25) is 9.69 Å². The molecule has 0 radical (unpaired) electrons. The van der Waals surface area contributed by atoms with E-state index in [2.05, 4.69) is 5.32 Å². The Kier molecular flexibility index (Phi) is 5.60. The number of benzene rings is 1. The van der Waals surface area contributed by atoms with Crippen LogP contribution < -0.4 is 16.0 Å². The monoisotopic (exact) mass is 319 g/mol. The van der Waals surface area contributed by atoms with Gasteiger partial charge in [0, 0.05) is 11.7 Å². The first-order chi connectivity index (χ1) is 10.9. The maximum atomic E-state index is 11.6. The van der Waals surface area contributed by atoms with Gasteiger partial charge in [0.15, 0.2) is 0 Å². The second-order valence-electron chi connectivity index (χ2n) is 6.37. The molecule has 0 spiro atoms. The number of hydrogen-bond acceptors (Lipinski definition) is 3. The van der Waals surface area contributed by atoms with Crippen LogP contribution in [0, 0.1) is 11.8 Å². The molecular formula is C17H25N3O3. The summed E-state index contributed by atoms with van der Waals surface area (Å²) in [7, 11) is 0. The molecule has 0 aliphatic carbocycles. The van der Waals surface area contributed by atoms with Gasteiger partial charge in [-0.1, -0.05) is 12.1 Å². The fourth-order valence-corrected chi connectivity index (χ4v) is 3.24. The zero-order chi connectivity index (χ0) is 17.0. The van der Waals surface area contributed by atoms with Crippen molar-refractivity contribution >= 4 is 17.7 Å². The van der Waals surface area contributed by atoms with Gasteiger partial charge in [-0.05, 0) is 63.4 Å². The number of hydrogen-bond donors (Lipinski definition) is 3. The zero-order valence-corrected chi connectivity index (χ0v) is 13.7. The Morgan fingerprint density at radius 3 is 2.70 bits per heavy atom. The molecular weight excluding hydrogens is 294 g/mol. The van der Waals surface area contributed by atoms with Crippen LogP contribution in [0.5, 0.6) is 0 Å². The van der Waals surface area contributed by atoms with Gasteiger partial charge in [-0.25, -0.2) is 4.79 Å². The van der Waals surface area contributed by atoms with Crippen LogP contribution >= 0.6 is 0 Å². The highest BCUT2D eigenvalue weighted by Gasteiger charge is 2.30. The lowest BCUT2D eigenvalue weighted by molar-refractivity contribution is -0.143. The van der Waals surface area contributed by atoms with E-state index in [1.165, 1.54) is 4.90 Å². The van der Waals surface area contributed by atoms with E-state index in [1.54, 1.807) is 0 Å². The topological polar surface area (TPSA) is 95.7 Å². The molecule has 6 heteroatoms. The van der Waals surface area contributed by atoms with Gasteiger partial charge in [0.2, 0.25) is 0 Å². The van der Waals surface area contributed by atoms with Crippen LogP contribution in [0.3, 0.4) is 0 Å². The molecule has 1 aromatic carbocycles. The summed E-state index contributed by atoms with van der Waals surface area (Å²) >= 11 is 0. The second kappa shape index (κ2) is 7.46. The number of nitrogens with zero attached hydrogens (tertiary/aromatic N) is 1. The Labute approximate surface area is 136 Å². The zero-order valence-electron chi connectivity index (χ0n) is 13.7. The highest BCUT2D eigenvalue weighted by atomic mass is 16.4. The van der Waals surface area contributed by atoms with Gasteiger partial charge < -0.3 is 16.2 Å². The predicted molar refractivity (Wildman–Crippen MR) is 89.4 cm³/mol. The van der Waals surface area contributed by atoms with E-state index in [0.717, 1.165) is 25.1 Å². The molecule has 2 atom stereocenters. The first kappa shape index (κ1) is 17.3. The summed E-state index contributed by atoms with van der Waals surface area (Å²) in [5.41, 5.74) is 7.07. The van der Waals surface area contributed by atoms with Crippen molar-refractivity contribution in [3.8, 4) is 0 Å². The fourth-order valence-electron chi connectivity index (χ4n) is 3.24. The van der Waals surface area contributed by atoms with Crippen LogP contribution in [0.15, 0.2) is 24.3 Å². The van der Waals surface area contributed by atoms with Crippen molar-refractivity contribution in [2.45, 2.75) is 32.7 Å². The molecule has 23 heavy (non-hydrogen) atoms. The molecule has 4 N–H and O–H groups in total. The molecule has 1 aromatic rings. The van der Waals surface area contributed by atoms with E-state index in [1.807, 2.05) is 38.1 Å². The average Bonchev–Trinajstić information content (AvgIpc) is 2.98. The number of anilines is 1. The quantitative estimate of drug-likeness (QED) is 0.745. The molecule has 2 amide bonds. The molecule has 1 saturated heterocycles. The molecule has 2 rings (SSSR count). The average molecular weight is 319 g/mol. The third-order valence-electron chi connectivity index (χ3n) is 4.38. The summed E-state index contributed by atoms with van der Waals surface area (Å²) in [6.45, 7) is 5.40. The molecule has 0 aromatic heterocycles. The van der Waals surface area contributed by atoms with Gasteiger partial charge in [-0.15, -0.1) is 0 Å². The minimum atomic E-state index is -0.764. The Bertz CT molecular complexity index is 568. The van der Waals surface area contributed by atoms with Crippen LogP contribution in [0.4, 0.5) is 10.5 Å². The summed E-state index contributed by atoms with van der Waals surface area (Å²) in [4.78, 5) is 24.8. The highest BCUT2D eigenvalue weighted by molar-refractivity contribution is 5.91. The molecule has 1 aliphatic heterocycles. The second-order valence-corrected chi connectivity index (χ2v) is 6.37. The number of carboxylic acid groups (broad SMARTS) is 1. The maximum absolute atomic E-state index is 11.6. The summed E-state index contributed by atoms with van der Waals surface area (Å²) in [5.74, 6) is -1.03. The molecule has 0 bridgehead atoms. The van der Waals surface area contributed by atoms with Crippen molar-refractivity contribution in [1.82, 2.24) is 5.32 Å². The highest BCUT2D eigenvalue weighted by Crippen LogP contribution is 2.26. The SMILES string of the molecule is CC(C)N(C(N)=O)c1cccc(C[C@H](C(=O)O)[C@H]2CCNC2)c1. The van der Waals surface area contributed by atoms with Crippen LogP contribution in [-0.2, 0) is 11.2 Å². The number of amides is 2. The molecule has 1 aliphatic rings. The lowest BCUT2D eigenvalue weighted by Gasteiger charge is -2.25. The van der Waals surface area contributed by atoms with Gasteiger partial charge in [0.1, 0.15) is 0 Å². The third-order valence-corrected chi connectivity index (χ3v) is 4.38. The van der Waals surface area contributed by atoms with Gasteiger partial charge >= 0.3 is 12.0 Å². The minimum Gasteiger partial charge on any atom is -0.481 e. The number of urea groups is 1. The number of carbonyl (C=O) groups excluding carboxylic acids is 1. The molecule has 1 fully saturated rings. The first-order valence-corrected chi connectivity index (χ1v) is 8.01. The van der Waals surface area contributed by atoms with Crippen molar-refractivity contribution in [3.05, 3.63) is 29.8 Å². The van der Waals surface area contributed by atoms with E-state index in [0.29, 0.717) is 12.1 Å². The standard InChI is InChI=1S/C17H25N3O3/c1-11(2)20(17(18)23)14-5-3-4-12(8-14)9-15(16(21)22)13-6-7-19-10-13/h3-5,8,11,13,15,19H,6-7,9-10H2,1-2H3,(H2,18,23)(H,21,22)/t13-,15-/m0/s1. The first-order valence-electron chi connectivity index (χ1n) is 8.01. The van der Waals surface area contributed by atoms with Gasteiger partial charge in [0.05, 0.1) is 5.92 Å².